The summed E-state index contributed by atoms with van der Waals surface area (Å²) in [5.41, 5.74) is 7.15. The minimum Gasteiger partial charge on any atom is -0.350 e. The second-order valence-corrected chi connectivity index (χ2v) is 3.87. The van der Waals surface area contributed by atoms with E-state index in [0.29, 0.717) is 18.8 Å². The van der Waals surface area contributed by atoms with E-state index < -0.39 is 0 Å². The Morgan fingerprint density at radius 2 is 2.11 bits per heavy atom. The van der Waals surface area contributed by atoms with Gasteiger partial charge in [0.05, 0.1) is 11.9 Å². The third-order valence-electron chi connectivity index (χ3n) is 2.43. The van der Waals surface area contributed by atoms with Gasteiger partial charge in [-0.25, -0.2) is 4.68 Å². The van der Waals surface area contributed by atoms with Crippen LogP contribution >= 0.6 is 0 Å². The molecule has 1 aromatic heterocycles. The van der Waals surface area contributed by atoms with Crippen molar-refractivity contribution in [3.05, 3.63) is 47.8 Å². The predicted octanol–water partition coefficient (Wildman–Crippen LogP) is 0.0532. The average molecular weight is 245 g/mol. The van der Waals surface area contributed by atoms with Gasteiger partial charge < -0.3 is 11.1 Å². The van der Waals surface area contributed by atoms with E-state index >= 15 is 0 Å². The van der Waals surface area contributed by atoms with Crippen molar-refractivity contribution in [2.75, 3.05) is 0 Å². The molecular weight excluding hydrogens is 230 g/mol. The molecule has 94 valence electrons. The first kappa shape index (κ1) is 12.3. The van der Waals surface area contributed by atoms with E-state index in [9.17, 15) is 4.79 Å². The van der Waals surface area contributed by atoms with Crippen LogP contribution in [0, 0.1) is 0 Å². The van der Waals surface area contributed by atoms with Gasteiger partial charge in [-0.1, -0.05) is 35.5 Å². The maximum Gasteiger partial charge on any atom is 0.242 e. The molecule has 6 heteroatoms. The zero-order chi connectivity index (χ0) is 12.8. The molecule has 3 N–H and O–H groups in total. The van der Waals surface area contributed by atoms with Crippen LogP contribution in [-0.4, -0.2) is 20.9 Å². The number of rotatable bonds is 5. The van der Waals surface area contributed by atoms with Crippen LogP contribution in [0.25, 0.3) is 0 Å². The van der Waals surface area contributed by atoms with Crippen LogP contribution in [0.3, 0.4) is 0 Å². The fourth-order valence-corrected chi connectivity index (χ4v) is 1.51. The SMILES string of the molecule is NCc1cn(CC(=O)NCc2ccccc2)nn1. The molecule has 0 aliphatic carbocycles. The molecular formula is C12H15N5O. The fraction of sp³-hybridized carbons (Fsp3) is 0.250. The summed E-state index contributed by atoms with van der Waals surface area (Å²) in [6.07, 6.45) is 1.67. The quantitative estimate of drug-likeness (QED) is 0.779. The summed E-state index contributed by atoms with van der Waals surface area (Å²) in [7, 11) is 0. The smallest absolute Gasteiger partial charge is 0.242 e. The Labute approximate surface area is 105 Å². The lowest BCUT2D eigenvalue weighted by atomic mass is 10.2. The highest BCUT2D eigenvalue weighted by Gasteiger charge is 2.04. The van der Waals surface area contributed by atoms with E-state index in [-0.39, 0.29) is 12.5 Å². The van der Waals surface area contributed by atoms with Gasteiger partial charge in [-0.3, -0.25) is 4.79 Å². The summed E-state index contributed by atoms with van der Waals surface area (Å²) in [5, 5.41) is 10.4. The number of hydrogen-bond acceptors (Lipinski definition) is 4. The van der Waals surface area contributed by atoms with Crippen LogP contribution in [0.2, 0.25) is 0 Å². The molecule has 1 amide bonds. The summed E-state index contributed by atoms with van der Waals surface area (Å²) in [6.45, 7) is 0.990. The Hall–Kier alpha value is -2.21. The first-order valence-corrected chi connectivity index (χ1v) is 5.67. The standard InChI is InChI=1S/C12H15N5O/c13-6-11-8-17(16-15-11)9-12(18)14-7-10-4-2-1-3-5-10/h1-5,8H,6-7,9,13H2,(H,14,18). The molecule has 0 saturated carbocycles. The minimum absolute atomic E-state index is 0.104. The van der Waals surface area contributed by atoms with Crippen LogP contribution in [0.5, 0.6) is 0 Å². The highest BCUT2D eigenvalue weighted by molar-refractivity contribution is 5.75. The molecule has 2 rings (SSSR count). The van der Waals surface area contributed by atoms with Gasteiger partial charge in [0.1, 0.15) is 6.54 Å². The van der Waals surface area contributed by atoms with E-state index in [4.69, 9.17) is 5.73 Å². The van der Waals surface area contributed by atoms with Gasteiger partial charge in [0.25, 0.3) is 0 Å². The Bertz CT molecular complexity index is 508. The van der Waals surface area contributed by atoms with Gasteiger partial charge >= 0.3 is 0 Å². The lowest BCUT2D eigenvalue weighted by Gasteiger charge is -2.04. The summed E-state index contributed by atoms with van der Waals surface area (Å²) in [4.78, 5) is 11.7. The molecule has 6 nitrogen and oxygen atoms in total. The van der Waals surface area contributed by atoms with E-state index in [2.05, 4.69) is 15.6 Å². The van der Waals surface area contributed by atoms with Crippen LogP contribution < -0.4 is 11.1 Å². The van der Waals surface area contributed by atoms with E-state index in [1.54, 1.807) is 6.20 Å². The predicted molar refractivity (Wildman–Crippen MR) is 66.2 cm³/mol. The number of hydrogen-bond donors (Lipinski definition) is 2. The zero-order valence-corrected chi connectivity index (χ0v) is 9.91. The number of nitrogens with two attached hydrogens (primary N) is 1. The van der Waals surface area contributed by atoms with Crippen molar-refractivity contribution in [3.8, 4) is 0 Å². The Balaban J connectivity index is 1.82. The third kappa shape index (κ3) is 3.39. The molecule has 0 spiro atoms. The molecule has 0 saturated heterocycles. The molecule has 0 bridgehead atoms. The van der Waals surface area contributed by atoms with Crippen LogP contribution in [-0.2, 0) is 24.4 Å². The summed E-state index contributed by atoms with van der Waals surface area (Å²) >= 11 is 0. The van der Waals surface area contributed by atoms with Crippen molar-refractivity contribution in [3.63, 3.8) is 0 Å². The highest BCUT2D eigenvalue weighted by atomic mass is 16.2. The molecule has 18 heavy (non-hydrogen) atoms. The van der Waals surface area contributed by atoms with Crippen LogP contribution in [0.4, 0.5) is 0 Å². The molecule has 0 unspecified atom stereocenters. The van der Waals surface area contributed by atoms with Gasteiger partial charge in [0.2, 0.25) is 5.91 Å². The molecule has 0 fully saturated rings. The molecule has 0 atom stereocenters. The summed E-state index contributed by atoms with van der Waals surface area (Å²) in [5.74, 6) is -0.104. The monoisotopic (exact) mass is 245 g/mol. The minimum atomic E-state index is -0.104. The maximum absolute atomic E-state index is 11.7. The average Bonchev–Trinajstić information content (AvgIpc) is 2.85. The van der Waals surface area contributed by atoms with E-state index in [1.807, 2.05) is 30.3 Å². The molecule has 0 radical (unpaired) electrons. The first-order chi connectivity index (χ1) is 8.78. The topological polar surface area (TPSA) is 85.8 Å². The normalized spacial score (nSPS) is 10.3. The van der Waals surface area contributed by atoms with E-state index in [1.165, 1.54) is 4.68 Å². The fourth-order valence-electron chi connectivity index (χ4n) is 1.51. The number of amides is 1. The van der Waals surface area contributed by atoms with Crippen molar-refractivity contribution < 1.29 is 4.79 Å². The van der Waals surface area contributed by atoms with Gasteiger partial charge in [-0.15, -0.1) is 5.10 Å². The number of aromatic nitrogens is 3. The first-order valence-electron chi connectivity index (χ1n) is 5.67. The molecule has 2 aromatic rings. The van der Waals surface area contributed by atoms with Gasteiger partial charge in [0.15, 0.2) is 0 Å². The number of nitrogens with zero attached hydrogens (tertiary/aromatic N) is 3. The van der Waals surface area contributed by atoms with Crippen molar-refractivity contribution in [1.82, 2.24) is 20.3 Å². The second-order valence-electron chi connectivity index (χ2n) is 3.87. The van der Waals surface area contributed by atoms with Gasteiger partial charge in [-0.2, -0.15) is 0 Å². The lowest BCUT2D eigenvalue weighted by molar-refractivity contribution is -0.122. The molecule has 1 heterocycles. The van der Waals surface area contributed by atoms with Crippen molar-refractivity contribution in [2.24, 2.45) is 5.73 Å². The number of carbonyl (C=O) groups excluding carboxylic acids is 1. The Morgan fingerprint density at radius 1 is 1.33 bits per heavy atom. The summed E-state index contributed by atoms with van der Waals surface area (Å²) < 4.78 is 1.47. The van der Waals surface area contributed by atoms with Crippen LogP contribution in [0.1, 0.15) is 11.3 Å². The van der Waals surface area contributed by atoms with Crippen molar-refractivity contribution in [2.45, 2.75) is 19.6 Å². The Kier molecular flexibility index (Phi) is 4.03. The van der Waals surface area contributed by atoms with Gasteiger partial charge in [0, 0.05) is 13.1 Å². The second kappa shape index (κ2) is 5.92. The summed E-state index contributed by atoms with van der Waals surface area (Å²) in [6, 6.07) is 9.73. The van der Waals surface area contributed by atoms with Gasteiger partial charge in [-0.05, 0) is 5.56 Å². The largest absolute Gasteiger partial charge is 0.350 e. The number of benzene rings is 1. The number of carbonyl (C=O) groups is 1. The molecule has 1 aromatic carbocycles. The third-order valence-corrected chi connectivity index (χ3v) is 2.43. The van der Waals surface area contributed by atoms with Crippen LogP contribution in [0.15, 0.2) is 36.5 Å². The van der Waals surface area contributed by atoms with Crippen molar-refractivity contribution >= 4 is 5.91 Å². The molecule has 0 aliphatic rings. The molecule has 0 aliphatic heterocycles. The number of nitrogens with one attached hydrogen (secondary N) is 1. The lowest BCUT2D eigenvalue weighted by Crippen LogP contribution is -2.27. The van der Waals surface area contributed by atoms with Crippen molar-refractivity contribution in [1.29, 1.82) is 0 Å². The highest BCUT2D eigenvalue weighted by Crippen LogP contribution is 1.97. The Morgan fingerprint density at radius 3 is 2.78 bits per heavy atom. The van der Waals surface area contributed by atoms with E-state index in [0.717, 1.165) is 5.56 Å². The maximum atomic E-state index is 11.7. The zero-order valence-electron chi connectivity index (χ0n) is 9.91.